The van der Waals surface area contributed by atoms with E-state index in [4.69, 9.17) is 5.11 Å². The van der Waals surface area contributed by atoms with Crippen molar-refractivity contribution in [3.05, 3.63) is 12.8 Å². The van der Waals surface area contributed by atoms with Gasteiger partial charge in [-0.1, -0.05) is 13.0 Å². The molecule has 1 N–H and O–H groups in total. The Morgan fingerprint density at radius 2 is 1.59 bits per heavy atom. The van der Waals surface area contributed by atoms with E-state index in [1.807, 2.05) is 0 Å². The van der Waals surface area contributed by atoms with E-state index in [2.05, 4.69) is 11.3 Å². The monoisotopic (exact) mass is 334 g/mol. The highest BCUT2D eigenvalue weighted by Gasteiger charge is 2.71. The molecule has 2 fully saturated rings. The summed E-state index contributed by atoms with van der Waals surface area (Å²) in [5, 5.41) is 9.12. The molecule has 2 nitrogen and oxygen atoms in total. The zero-order valence-electron chi connectivity index (χ0n) is 12.2. The fourth-order valence-corrected chi connectivity index (χ4v) is 3.40. The van der Waals surface area contributed by atoms with Crippen molar-refractivity contribution in [3.63, 3.8) is 0 Å². The zero-order chi connectivity index (χ0) is 17.2. The fraction of sp³-hybridized carbons (Fsp3) is 0.857. The van der Waals surface area contributed by atoms with Gasteiger partial charge in [0.25, 0.3) is 5.60 Å². The SMILES string of the molecule is C=COC.OC(CC1CC2CCC1C2)(C(F)(F)F)C(F)(F)F. The molecular weight excluding hydrogens is 314 g/mol. The highest BCUT2D eigenvalue weighted by Crippen LogP contribution is 2.55. The third kappa shape index (κ3) is 3.88. The van der Waals surface area contributed by atoms with E-state index in [1.165, 1.54) is 6.26 Å². The van der Waals surface area contributed by atoms with Crippen molar-refractivity contribution in [2.45, 2.75) is 50.1 Å². The predicted octanol–water partition coefficient (Wildman–Crippen LogP) is 4.44. The quantitative estimate of drug-likeness (QED) is 0.610. The molecular formula is C14H20F6O2. The van der Waals surface area contributed by atoms with Gasteiger partial charge in [0.1, 0.15) is 0 Å². The van der Waals surface area contributed by atoms with E-state index in [0.29, 0.717) is 19.3 Å². The summed E-state index contributed by atoms with van der Waals surface area (Å²) in [5.74, 6) is -0.519. The van der Waals surface area contributed by atoms with Crippen LogP contribution in [0, 0.1) is 17.8 Å². The maximum atomic E-state index is 12.5. The third-order valence-electron chi connectivity index (χ3n) is 4.55. The Labute approximate surface area is 125 Å². The normalized spacial score (nSPS) is 28.1. The summed E-state index contributed by atoms with van der Waals surface area (Å²) in [6.07, 6.45) is -8.57. The lowest BCUT2D eigenvalue weighted by Crippen LogP contribution is -2.58. The van der Waals surface area contributed by atoms with Crippen molar-refractivity contribution in [2.24, 2.45) is 17.8 Å². The minimum absolute atomic E-state index is 0.0915. The molecule has 2 aliphatic carbocycles. The van der Waals surface area contributed by atoms with Crippen molar-refractivity contribution in [1.82, 2.24) is 0 Å². The predicted molar refractivity (Wildman–Crippen MR) is 67.8 cm³/mol. The van der Waals surface area contributed by atoms with E-state index in [0.717, 1.165) is 6.42 Å². The van der Waals surface area contributed by atoms with Crippen LogP contribution < -0.4 is 0 Å². The van der Waals surface area contributed by atoms with Gasteiger partial charge in [0.05, 0.1) is 13.4 Å². The molecule has 2 rings (SSSR count). The summed E-state index contributed by atoms with van der Waals surface area (Å²) in [5.41, 5.74) is -4.56. The Kier molecular flexibility index (Phi) is 5.81. The Morgan fingerprint density at radius 3 is 1.86 bits per heavy atom. The molecule has 2 bridgehead atoms. The molecule has 0 aliphatic heterocycles. The minimum Gasteiger partial charge on any atom is -0.505 e. The van der Waals surface area contributed by atoms with Crippen LogP contribution in [-0.4, -0.2) is 30.2 Å². The Balaban J connectivity index is 0.000000541. The number of aliphatic hydroxyl groups is 1. The van der Waals surface area contributed by atoms with Crippen molar-refractivity contribution in [3.8, 4) is 0 Å². The summed E-state index contributed by atoms with van der Waals surface area (Å²) in [6, 6.07) is 0. The fourth-order valence-electron chi connectivity index (χ4n) is 3.40. The summed E-state index contributed by atoms with van der Waals surface area (Å²) < 4.78 is 79.5. The summed E-state index contributed by atoms with van der Waals surface area (Å²) in [4.78, 5) is 0. The standard InChI is InChI=1S/C11H14F6O.C3H6O/c12-10(13,14)9(18,11(15,16)17)5-8-4-6-1-2-7(8)3-6;1-3-4-2/h6-8,18H,1-5H2;3H,1H2,2H3. The molecule has 22 heavy (non-hydrogen) atoms. The first-order chi connectivity index (χ1) is 9.96. The number of ether oxygens (including phenoxy) is 1. The Hall–Kier alpha value is -0.920. The van der Waals surface area contributed by atoms with Crippen LogP contribution in [0.1, 0.15) is 32.1 Å². The van der Waals surface area contributed by atoms with Crippen LogP contribution in [0.2, 0.25) is 0 Å². The lowest BCUT2D eigenvalue weighted by Gasteiger charge is -2.36. The van der Waals surface area contributed by atoms with Gasteiger partial charge < -0.3 is 9.84 Å². The number of hydrogen-bond acceptors (Lipinski definition) is 2. The molecule has 0 aromatic heterocycles. The molecule has 0 saturated heterocycles. The summed E-state index contributed by atoms with van der Waals surface area (Å²) >= 11 is 0. The molecule has 0 heterocycles. The van der Waals surface area contributed by atoms with Gasteiger partial charge in [0, 0.05) is 0 Å². The van der Waals surface area contributed by atoms with Crippen molar-refractivity contribution < 1.29 is 36.2 Å². The van der Waals surface area contributed by atoms with E-state index in [9.17, 15) is 26.3 Å². The van der Waals surface area contributed by atoms with E-state index in [1.54, 1.807) is 7.11 Å². The van der Waals surface area contributed by atoms with E-state index >= 15 is 0 Å². The molecule has 2 aliphatic rings. The van der Waals surface area contributed by atoms with Crippen LogP contribution >= 0.6 is 0 Å². The molecule has 2 saturated carbocycles. The molecule has 0 spiro atoms. The molecule has 0 aromatic carbocycles. The van der Waals surface area contributed by atoms with Gasteiger partial charge in [0.2, 0.25) is 0 Å². The molecule has 0 aromatic rings. The molecule has 8 heteroatoms. The number of methoxy groups -OCH3 is 1. The number of fused-ring (bicyclic) bond motifs is 2. The second-order valence-electron chi connectivity index (χ2n) is 5.90. The number of hydrogen-bond donors (Lipinski definition) is 1. The summed E-state index contributed by atoms with van der Waals surface area (Å²) in [7, 11) is 1.56. The lowest BCUT2D eigenvalue weighted by molar-refractivity contribution is -0.373. The molecule has 3 atom stereocenters. The highest BCUT2D eigenvalue weighted by molar-refractivity contribution is 5.00. The maximum absolute atomic E-state index is 12.5. The number of halogens is 6. The first-order valence-corrected chi connectivity index (χ1v) is 6.95. The molecule has 3 unspecified atom stereocenters. The van der Waals surface area contributed by atoms with Gasteiger partial charge in [-0.15, -0.1) is 0 Å². The zero-order valence-corrected chi connectivity index (χ0v) is 12.2. The summed E-state index contributed by atoms with van der Waals surface area (Å²) in [6.45, 7) is 3.26. The van der Waals surface area contributed by atoms with Crippen molar-refractivity contribution >= 4 is 0 Å². The topological polar surface area (TPSA) is 29.5 Å². The van der Waals surface area contributed by atoms with Gasteiger partial charge >= 0.3 is 12.4 Å². The van der Waals surface area contributed by atoms with Crippen LogP contribution in [0.15, 0.2) is 12.8 Å². The molecule has 130 valence electrons. The largest absolute Gasteiger partial charge is 0.505 e. The van der Waals surface area contributed by atoms with Crippen LogP contribution in [0.3, 0.4) is 0 Å². The maximum Gasteiger partial charge on any atom is 0.426 e. The van der Waals surface area contributed by atoms with Crippen LogP contribution in [0.4, 0.5) is 26.3 Å². The number of rotatable bonds is 3. The smallest absolute Gasteiger partial charge is 0.426 e. The second-order valence-corrected chi connectivity index (χ2v) is 5.90. The van der Waals surface area contributed by atoms with E-state index in [-0.39, 0.29) is 11.8 Å². The first-order valence-electron chi connectivity index (χ1n) is 6.95. The van der Waals surface area contributed by atoms with Crippen molar-refractivity contribution in [1.29, 1.82) is 0 Å². The van der Waals surface area contributed by atoms with Gasteiger partial charge in [-0.05, 0) is 43.4 Å². The third-order valence-corrected chi connectivity index (χ3v) is 4.55. The molecule has 0 radical (unpaired) electrons. The van der Waals surface area contributed by atoms with Gasteiger partial charge in [0.15, 0.2) is 0 Å². The Bertz CT molecular complexity index is 363. The first kappa shape index (κ1) is 19.1. The second kappa shape index (κ2) is 6.68. The molecule has 0 amide bonds. The Morgan fingerprint density at radius 1 is 1.09 bits per heavy atom. The van der Waals surface area contributed by atoms with Gasteiger partial charge in [-0.25, -0.2) is 0 Å². The van der Waals surface area contributed by atoms with Gasteiger partial charge in [-0.2, -0.15) is 26.3 Å². The van der Waals surface area contributed by atoms with Crippen LogP contribution in [-0.2, 0) is 4.74 Å². The number of alkyl halides is 6. The minimum atomic E-state index is -5.67. The average molecular weight is 334 g/mol. The van der Waals surface area contributed by atoms with E-state index < -0.39 is 30.3 Å². The average Bonchev–Trinajstić information content (AvgIpc) is 2.98. The van der Waals surface area contributed by atoms with Crippen molar-refractivity contribution in [2.75, 3.05) is 7.11 Å². The lowest BCUT2D eigenvalue weighted by atomic mass is 9.79. The van der Waals surface area contributed by atoms with Crippen LogP contribution in [0.25, 0.3) is 0 Å². The van der Waals surface area contributed by atoms with Gasteiger partial charge in [-0.3, -0.25) is 0 Å². The van der Waals surface area contributed by atoms with Crippen LogP contribution in [0.5, 0.6) is 0 Å². The highest BCUT2D eigenvalue weighted by atomic mass is 19.4.